The van der Waals surface area contributed by atoms with Gasteiger partial charge in [-0.15, -0.1) is 22.7 Å². The van der Waals surface area contributed by atoms with Gasteiger partial charge in [0.1, 0.15) is 0 Å². The number of nitrogens with zero attached hydrogens (tertiary/aromatic N) is 2. The fraction of sp³-hybridized carbons (Fsp3) is 0.333. The summed E-state index contributed by atoms with van der Waals surface area (Å²) < 4.78 is 2.32. The van der Waals surface area contributed by atoms with Gasteiger partial charge in [-0.2, -0.15) is 5.26 Å². The molecule has 0 saturated carbocycles. The second-order valence-corrected chi connectivity index (χ2v) is 5.58. The van der Waals surface area contributed by atoms with Gasteiger partial charge in [-0.05, 0) is 24.4 Å². The van der Waals surface area contributed by atoms with Gasteiger partial charge in [-0.3, -0.25) is 4.79 Å². The van der Waals surface area contributed by atoms with E-state index in [1.54, 1.807) is 16.2 Å². The van der Waals surface area contributed by atoms with Gasteiger partial charge in [0.25, 0.3) is 5.91 Å². The first-order chi connectivity index (χ1) is 8.26. The molecule has 0 N–H and O–H groups in total. The van der Waals surface area contributed by atoms with Crippen molar-refractivity contribution in [2.45, 2.75) is 13.3 Å². The Bertz CT molecular complexity index is 536. The average Bonchev–Trinajstić information content (AvgIpc) is 2.89. The van der Waals surface area contributed by atoms with E-state index in [1.165, 1.54) is 11.3 Å². The summed E-state index contributed by atoms with van der Waals surface area (Å²) in [5.41, 5.74) is 0. The summed E-state index contributed by atoms with van der Waals surface area (Å²) in [6.45, 7) is 3.09. The standard InChI is InChI=1S/C12H12N2OS2/c1-2-14(6-3-5-13)12(15)11-8-10-9(17-11)4-7-16-10/h4,7-8H,2-3,6H2,1H3. The number of hydrogen-bond donors (Lipinski definition) is 0. The van der Waals surface area contributed by atoms with Crippen LogP contribution >= 0.6 is 22.7 Å². The second kappa shape index (κ2) is 5.30. The lowest BCUT2D eigenvalue weighted by atomic mass is 10.3. The van der Waals surface area contributed by atoms with E-state index >= 15 is 0 Å². The molecular formula is C12H12N2OS2. The molecule has 2 heterocycles. The summed E-state index contributed by atoms with van der Waals surface area (Å²) in [6, 6.07) is 6.05. The number of hydrogen-bond acceptors (Lipinski definition) is 4. The molecule has 88 valence electrons. The average molecular weight is 264 g/mol. The summed E-state index contributed by atoms with van der Waals surface area (Å²) in [5.74, 6) is 0.0381. The van der Waals surface area contributed by atoms with E-state index < -0.39 is 0 Å². The largest absolute Gasteiger partial charge is 0.337 e. The van der Waals surface area contributed by atoms with E-state index in [1.807, 2.05) is 24.4 Å². The fourth-order valence-electron chi connectivity index (χ4n) is 1.62. The molecule has 0 fully saturated rings. The van der Waals surface area contributed by atoms with Crippen LogP contribution in [0.2, 0.25) is 0 Å². The maximum Gasteiger partial charge on any atom is 0.264 e. The molecule has 3 nitrogen and oxygen atoms in total. The quantitative estimate of drug-likeness (QED) is 0.850. The van der Waals surface area contributed by atoms with Crippen LogP contribution in [0.25, 0.3) is 9.40 Å². The second-order valence-electron chi connectivity index (χ2n) is 3.55. The maximum atomic E-state index is 12.2. The van der Waals surface area contributed by atoms with E-state index in [-0.39, 0.29) is 5.91 Å². The first-order valence-corrected chi connectivity index (χ1v) is 7.09. The zero-order chi connectivity index (χ0) is 12.3. The van der Waals surface area contributed by atoms with Crippen molar-refractivity contribution < 1.29 is 4.79 Å². The van der Waals surface area contributed by atoms with Crippen molar-refractivity contribution in [2.24, 2.45) is 0 Å². The molecule has 2 rings (SSSR count). The SMILES string of the molecule is CCN(CCC#N)C(=O)c1cc2sccc2s1. The summed E-state index contributed by atoms with van der Waals surface area (Å²) in [6.07, 6.45) is 0.388. The lowest BCUT2D eigenvalue weighted by molar-refractivity contribution is 0.0773. The van der Waals surface area contributed by atoms with Crippen LogP contribution in [0, 0.1) is 11.3 Å². The van der Waals surface area contributed by atoms with Gasteiger partial charge in [0.2, 0.25) is 0 Å². The molecule has 0 aliphatic heterocycles. The fourth-order valence-corrected chi connectivity index (χ4v) is 3.69. The van der Waals surface area contributed by atoms with Gasteiger partial charge in [-0.1, -0.05) is 0 Å². The van der Waals surface area contributed by atoms with Crippen LogP contribution in [0.5, 0.6) is 0 Å². The smallest absolute Gasteiger partial charge is 0.264 e. The van der Waals surface area contributed by atoms with Gasteiger partial charge < -0.3 is 4.90 Å². The number of carbonyl (C=O) groups excluding carboxylic acids is 1. The summed E-state index contributed by atoms with van der Waals surface area (Å²) >= 11 is 3.18. The zero-order valence-electron chi connectivity index (χ0n) is 9.47. The molecule has 0 aliphatic carbocycles. The van der Waals surface area contributed by atoms with E-state index in [0.29, 0.717) is 19.5 Å². The third-order valence-electron chi connectivity index (χ3n) is 2.51. The molecule has 0 saturated heterocycles. The number of fused-ring (bicyclic) bond motifs is 1. The van der Waals surface area contributed by atoms with Crippen LogP contribution < -0.4 is 0 Å². The molecule has 0 atom stereocenters. The molecule has 0 bridgehead atoms. The lowest BCUT2D eigenvalue weighted by Gasteiger charge is -2.18. The minimum Gasteiger partial charge on any atom is -0.337 e. The number of thiophene rings is 2. The molecule has 1 amide bonds. The Morgan fingerprint density at radius 1 is 1.53 bits per heavy atom. The van der Waals surface area contributed by atoms with Crippen LogP contribution in [0.4, 0.5) is 0 Å². The van der Waals surface area contributed by atoms with Crippen molar-refractivity contribution in [2.75, 3.05) is 13.1 Å². The van der Waals surface area contributed by atoms with E-state index in [2.05, 4.69) is 6.07 Å². The Morgan fingerprint density at radius 2 is 2.35 bits per heavy atom. The number of rotatable bonds is 4. The maximum absolute atomic E-state index is 12.2. The molecule has 0 radical (unpaired) electrons. The number of nitriles is 1. The summed E-state index contributed by atoms with van der Waals surface area (Å²) in [5, 5.41) is 10.6. The van der Waals surface area contributed by atoms with Gasteiger partial charge in [-0.25, -0.2) is 0 Å². The Morgan fingerprint density at radius 3 is 3.00 bits per heavy atom. The molecule has 2 aromatic heterocycles. The Kier molecular flexibility index (Phi) is 3.77. The lowest BCUT2D eigenvalue weighted by Crippen LogP contribution is -2.31. The molecule has 0 unspecified atom stereocenters. The highest BCUT2D eigenvalue weighted by molar-refractivity contribution is 7.27. The highest BCUT2D eigenvalue weighted by Gasteiger charge is 2.16. The Hall–Kier alpha value is -1.38. The van der Waals surface area contributed by atoms with Gasteiger partial charge in [0.15, 0.2) is 0 Å². The third kappa shape index (κ3) is 2.48. The van der Waals surface area contributed by atoms with Crippen molar-refractivity contribution in [3.8, 4) is 6.07 Å². The highest BCUT2D eigenvalue weighted by atomic mass is 32.1. The molecular weight excluding hydrogens is 252 g/mol. The molecule has 0 aliphatic rings. The first kappa shape index (κ1) is 12.1. The summed E-state index contributed by atoms with van der Waals surface area (Å²) in [7, 11) is 0. The zero-order valence-corrected chi connectivity index (χ0v) is 11.1. The van der Waals surface area contributed by atoms with E-state index in [0.717, 1.165) is 14.3 Å². The van der Waals surface area contributed by atoms with Crippen LogP contribution in [0.3, 0.4) is 0 Å². The Balaban J connectivity index is 2.18. The van der Waals surface area contributed by atoms with E-state index in [9.17, 15) is 4.79 Å². The Labute approximate surface area is 108 Å². The van der Waals surface area contributed by atoms with Crippen molar-refractivity contribution in [1.82, 2.24) is 4.90 Å². The number of carbonyl (C=O) groups is 1. The van der Waals surface area contributed by atoms with Crippen molar-refractivity contribution >= 4 is 38.0 Å². The molecule has 0 aromatic carbocycles. The minimum atomic E-state index is 0.0381. The molecule has 2 aromatic rings. The van der Waals surface area contributed by atoms with Crippen molar-refractivity contribution in [3.63, 3.8) is 0 Å². The highest BCUT2D eigenvalue weighted by Crippen LogP contribution is 2.30. The van der Waals surface area contributed by atoms with Gasteiger partial charge in [0, 0.05) is 22.5 Å². The first-order valence-electron chi connectivity index (χ1n) is 5.39. The molecule has 17 heavy (non-hydrogen) atoms. The molecule has 0 spiro atoms. The van der Waals surface area contributed by atoms with Crippen LogP contribution in [0.15, 0.2) is 17.5 Å². The predicted octanol–water partition coefficient (Wildman–Crippen LogP) is 3.34. The monoisotopic (exact) mass is 264 g/mol. The van der Waals surface area contributed by atoms with E-state index in [4.69, 9.17) is 5.26 Å². The topological polar surface area (TPSA) is 44.1 Å². The summed E-state index contributed by atoms with van der Waals surface area (Å²) in [4.78, 5) is 14.7. The minimum absolute atomic E-state index is 0.0381. The molecule has 5 heteroatoms. The van der Waals surface area contributed by atoms with Crippen molar-refractivity contribution in [1.29, 1.82) is 5.26 Å². The van der Waals surface area contributed by atoms with Crippen LogP contribution in [0.1, 0.15) is 23.0 Å². The normalized spacial score (nSPS) is 10.4. The van der Waals surface area contributed by atoms with Crippen LogP contribution in [-0.4, -0.2) is 23.9 Å². The van der Waals surface area contributed by atoms with Gasteiger partial charge in [0.05, 0.1) is 17.4 Å². The number of amides is 1. The third-order valence-corrected chi connectivity index (χ3v) is 4.59. The predicted molar refractivity (Wildman–Crippen MR) is 71.5 cm³/mol. The van der Waals surface area contributed by atoms with Crippen LogP contribution in [-0.2, 0) is 0 Å². The van der Waals surface area contributed by atoms with Crippen molar-refractivity contribution in [3.05, 3.63) is 22.4 Å². The van der Waals surface area contributed by atoms with Gasteiger partial charge >= 0.3 is 0 Å².